The lowest BCUT2D eigenvalue weighted by Crippen LogP contribution is -2.42. The van der Waals surface area contributed by atoms with Crippen molar-refractivity contribution in [3.05, 3.63) is 42.2 Å². The van der Waals surface area contributed by atoms with Crippen LogP contribution in [-0.4, -0.2) is 41.0 Å². The van der Waals surface area contributed by atoms with Gasteiger partial charge in [0, 0.05) is 46.4 Å². The van der Waals surface area contributed by atoms with E-state index >= 15 is 0 Å². The Labute approximate surface area is 185 Å². The van der Waals surface area contributed by atoms with E-state index in [-0.39, 0.29) is 16.9 Å². The summed E-state index contributed by atoms with van der Waals surface area (Å²) in [5.41, 5.74) is -1.12. The molecule has 0 amide bonds. The van der Waals surface area contributed by atoms with E-state index in [4.69, 9.17) is 0 Å². The molecule has 0 spiro atoms. The monoisotopic (exact) mass is 463 g/mol. The minimum atomic E-state index is -4.65. The molecule has 4 aromatic heterocycles. The minimum Gasteiger partial charge on any atom is -0.368 e. The van der Waals surface area contributed by atoms with Crippen LogP contribution in [0.5, 0.6) is 0 Å². The van der Waals surface area contributed by atoms with Gasteiger partial charge in [-0.05, 0) is 18.9 Å². The number of nitrogens with zero attached hydrogens (tertiary/aromatic N) is 4. The summed E-state index contributed by atoms with van der Waals surface area (Å²) in [6, 6.07) is 0.636. The molecule has 33 heavy (non-hydrogen) atoms. The first-order valence-corrected chi connectivity index (χ1v) is 10.5. The summed E-state index contributed by atoms with van der Waals surface area (Å²) < 4.78 is 56.7. The van der Waals surface area contributed by atoms with Gasteiger partial charge in [0.15, 0.2) is 12.1 Å². The number of hydrogen-bond donors (Lipinski definition) is 3. The fraction of sp³-hybridized carbons (Fsp3) is 0.409. The lowest BCUT2D eigenvalue weighted by molar-refractivity contribution is -0.158. The zero-order valence-corrected chi connectivity index (χ0v) is 17.6. The van der Waals surface area contributed by atoms with Gasteiger partial charge in [0.1, 0.15) is 17.1 Å². The Bertz CT molecular complexity index is 1350. The Morgan fingerprint density at radius 1 is 1.18 bits per heavy atom. The third kappa shape index (κ3) is 3.46. The maximum absolute atomic E-state index is 13.9. The Morgan fingerprint density at radius 2 is 1.97 bits per heavy atom. The average Bonchev–Trinajstić information content (AvgIpc) is 3.34. The second-order valence-electron chi connectivity index (χ2n) is 8.77. The van der Waals surface area contributed by atoms with Crippen molar-refractivity contribution in [3.8, 4) is 11.4 Å². The number of pyridine rings is 1. The van der Waals surface area contributed by atoms with Crippen molar-refractivity contribution in [2.45, 2.75) is 51.1 Å². The van der Waals surface area contributed by atoms with Gasteiger partial charge >= 0.3 is 6.18 Å². The molecule has 4 aromatic rings. The molecule has 0 aliphatic heterocycles. The summed E-state index contributed by atoms with van der Waals surface area (Å²) in [4.78, 5) is 15.4. The normalized spacial score (nSPS) is 22.0. The van der Waals surface area contributed by atoms with Gasteiger partial charge in [-0.25, -0.2) is 19.3 Å². The molecular weight excluding hydrogens is 442 g/mol. The lowest BCUT2D eigenvalue weighted by atomic mass is 9.71. The molecular formula is C22H21F4N5O2. The van der Waals surface area contributed by atoms with Crippen molar-refractivity contribution < 1.29 is 27.8 Å². The van der Waals surface area contributed by atoms with Gasteiger partial charge < -0.3 is 19.8 Å². The van der Waals surface area contributed by atoms with Crippen LogP contribution in [0.4, 0.5) is 17.6 Å². The van der Waals surface area contributed by atoms with Crippen molar-refractivity contribution in [3.63, 3.8) is 0 Å². The highest BCUT2D eigenvalue weighted by Crippen LogP contribution is 2.48. The SMILES string of the molecule is C[C@@]1(C(O)O)CCCC[C@H]1n1cc(C(F)(F)F)c2cnc(-c3c[nH]c4ncc(F)cc34)nc21. The topological polar surface area (TPSA) is 99.8 Å². The molecule has 0 aromatic carbocycles. The standard InChI is InChI=1S/C22H21F4N5O2/c1-21(20(32)33)5-3-2-4-16(21)31-10-15(22(24,25)26)14-9-29-18(30-19(14)31)13-8-28-17-12(13)6-11(23)7-27-17/h6-10,16,20,32-33H,2-5H2,1H3,(H,27,28)/t16-,21-/m1/s1. The number of halogens is 4. The van der Waals surface area contributed by atoms with Crippen LogP contribution >= 0.6 is 0 Å². The van der Waals surface area contributed by atoms with E-state index in [1.54, 1.807) is 6.92 Å². The summed E-state index contributed by atoms with van der Waals surface area (Å²) in [6.45, 7) is 1.66. The zero-order chi connectivity index (χ0) is 23.5. The van der Waals surface area contributed by atoms with Crippen LogP contribution in [0.1, 0.15) is 44.2 Å². The van der Waals surface area contributed by atoms with E-state index in [2.05, 4.69) is 19.9 Å². The molecule has 5 rings (SSSR count). The molecule has 11 heteroatoms. The first-order valence-electron chi connectivity index (χ1n) is 10.5. The first-order chi connectivity index (χ1) is 15.6. The zero-order valence-electron chi connectivity index (χ0n) is 17.6. The number of aromatic amines is 1. The van der Waals surface area contributed by atoms with E-state index in [1.807, 2.05) is 0 Å². The molecule has 7 nitrogen and oxygen atoms in total. The smallest absolute Gasteiger partial charge is 0.368 e. The number of H-pyrrole nitrogens is 1. The Kier molecular flexibility index (Phi) is 4.94. The van der Waals surface area contributed by atoms with Gasteiger partial charge in [0.2, 0.25) is 0 Å². The highest BCUT2D eigenvalue weighted by Gasteiger charge is 2.45. The third-order valence-electron chi connectivity index (χ3n) is 6.75. The Morgan fingerprint density at radius 3 is 2.70 bits per heavy atom. The quantitative estimate of drug-likeness (QED) is 0.305. The number of fused-ring (bicyclic) bond motifs is 2. The van der Waals surface area contributed by atoms with Gasteiger partial charge in [0.05, 0.1) is 11.8 Å². The van der Waals surface area contributed by atoms with Crippen LogP contribution in [-0.2, 0) is 6.18 Å². The third-order valence-corrected chi connectivity index (χ3v) is 6.75. The maximum Gasteiger partial charge on any atom is 0.418 e. The molecule has 0 bridgehead atoms. The van der Waals surface area contributed by atoms with E-state index in [1.165, 1.54) is 16.8 Å². The molecule has 1 fully saturated rings. The minimum absolute atomic E-state index is 0.0322. The van der Waals surface area contributed by atoms with Crippen molar-refractivity contribution >= 4 is 22.1 Å². The molecule has 0 radical (unpaired) electrons. The fourth-order valence-corrected chi connectivity index (χ4v) is 4.88. The summed E-state index contributed by atoms with van der Waals surface area (Å²) in [6.07, 6.45) is 0.704. The summed E-state index contributed by atoms with van der Waals surface area (Å²) in [7, 11) is 0. The molecule has 1 aliphatic carbocycles. The summed E-state index contributed by atoms with van der Waals surface area (Å²) >= 11 is 0. The van der Waals surface area contributed by atoms with Crippen LogP contribution in [0.3, 0.4) is 0 Å². The summed E-state index contributed by atoms with van der Waals surface area (Å²) in [5, 5.41) is 20.4. The van der Waals surface area contributed by atoms with Crippen LogP contribution in [0.25, 0.3) is 33.5 Å². The van der Waals surface area contributed by atoms with Gasteiger partial charge in [-0.15, -0.1) is 0 Å². The van der Waals surface area contributed by atoms with Crippen LogP contribution in [0, 0.1) is 11.2 Å². The highest BCUT2D eigenvalue weighted by molar-refractivity contribution is 5.93. The molecule has 0 saturated heterocycles. The van der Waals surface area contributed by atoms with Crippen molar-refractivity contribution in [2.24, 2.45) is 5.41 Å². The summed E-state index contributed by atoms with van der Waals surface area (Å²) in [5.74, 6) is -0.460. The lowest BCUT2D eigenvalue weighted by Gasteiger charge is -2.43. The first kappa shape index (κ1) is 21.8. The Balaban J connectivity index is 1.74. The maximum atomic E-state index is 13.9. The number of hydrogen-bond acceptors (Lipinski definition) is 5. The van der Waals surface area contributed by atoms with Crippen LogP contribution in [0.15, 0.2) is 30.9 Å². The van der Waals surface area contributed by atoms with E-state index < -0.39 is 35.3 Å². The molecule has 4 heterocycles. The van der Waals surface area contributed by atoms with Crippen molar-refractivity contribution in [1.29, 1.82) is 0 Å². The highest BCUT2D eigenvalue weighted by atomic mass is 19.4. The number of alkyl halides is 3. The van der Waals surface area contributed by atoms with Gasteiger partial charge in [-0.1, -0.05) is 19.8 Å². The predicted molar refractivity (Wildman–Crippen MR) is 111 cm³/mol. The average molecular weight is 463 g/mol. The van der Waals surface area contributed by atoms with E-state index in [0.29, 0.717) is 29.4 Å². The second kappa shape index (κ2) is 7.49. The van der Waals surface area contributed by atoms with Gasteiger partial charge in [-0.2, -0.15) is 13.2 Å². The second-order valence-corrected chi connectivity index (χ2v) is 8.77. The van der Waals surface area contributed by atoms with Crippen molar-refractivity contribution in [2.75, 3.05) is 0 Å². The van der Waals surface area contributed by atoms with E-state index in [0.717, 1.165) is 31.4 Å². The molecule has 0 unspecified atom stereocenters. The fourth-order valence-electron chi connectivity index (χ4n) is 4.88. The van der Waals surface area contributed by atoms with Crippen LogP contribution < -0.4 is 0 Å². The number of aromatic nitrogens is 5. The number of aliphatic hydroxyl groups excluding tert-OH is 1. The number of rotatable bonds is 3. The largest absolute Gasteiger partial charge is 0.418 e. The molecule has 3 N–H and O–H groups in total. The molecule has 1 aliphatic rings. The van der Waals surface area contributed by atoms with Gasteiger partial charge in [0.25, 0.3) is 0 Å². The van der Waals surface area contributed by atoms with Crippen LogP contribution in [0.2, 0.25) is 0 Å². The number of aliphatic hydroxyl groups is 2. The Hall–Kier alpha value is -3.05. The van der Waals surface area contributed by atoms with Gasteiger partial charge in [-0.3, -0.25) is 0 Å². The van der Waals surface area contributed by atoms with E-state index in [9.17, 15) is 27.8 Å². The molecule has 2 atom stereocenters. The number of nitrogens with one attached hydrogen (secondary N) is 1. The van der Waals surface area contributed by atoms with Crippen molar-refractivity contribution in [1.82, 2.24) is 24.5 Å². The predicted octanol–water partition coefficient (Wildman–Crippen LogP) is 4.56. The molecule has 174 valence electrons. The molecule has 1 saturated carbocycles.